The molecule has 0 saturated carbocycles. The summed E-state index contributed by atoms with van der Waals surface area (Å²) in [5.41, 5.74) is 5.53. The Morgan fingerprint density at radius 3 is 2.32 bits per heavy atom. The lowest BCUT2D eigenvalue weighted by Crippen LogP contribution is -2.19. The van der Waals surface area contributed by atoms with Crippen LogP contribution in [0.4, 0.5) is 0 Å². The number of nitrogens with one attached hydrogen (secondary N) is 1. The maximum absolute atomic E-state index is 3.62. The fourth-order valence-electron chi connectivity index (χ4n) is 2.68. The van der Waals surface area contributed by atoms with E-state index in [4.69, 9.17) is 0 Å². The second-order valence-corrected chi connectivity index (χ2v) is 7.67. The summed E-state index contributed by atoms with van der Waals surface area (Å²) in [6.07, 6.45) is 0. The Morgan fingerprint density at radius 2 is 1.79 bits per heavy atom. The van der Waals surface area contributed by atoms with Gasteiger partial charge in [0, 0.05) is 17.5 Å². The normalized spacial score (nSPS) is 12.7. The highest BCUT2D eigenvalue weighted by atomic mass is 79.9. The average molecular weight is 338 g/mol. The molecule has 1 N–H and O–H groups in total. The molecule has 0 spiro atoms. The van der Waals surface area contributed by atoms with Crippen LogP contribution in [0, 0.1) is 20.8 Å². The summed E-state index contributed by atoms with van der Waals surface area (Å²) in [5, 5.41) is 3.62. The maximum Gasteiger partial charge on any atom is 0.0701 e. The quantitative estimate of drug-likeness (QED) is 0.799. The van der Waals surface area contributed by atoms with E-state index in [1.54, 1.807) is 11.3 Å². The van der Waals surface area contributed by atoms with Crippen LogP contribution in [0.25, 0.3) is 0 Å². The van der Waals surface area contributed by atoms with Crippen molar-refractivity contribution in [2.75, 3.05) is 0 Å². The molecular formula is C16H20BrNS. The van der Waals surface area contributed by atoms with E-state index in [1.807, 2.05) is 0 Å². The Hall–Kier alpha value is -0.640. The second kappa shape index (κ2) is 6.21. The van der Waals surface area contributed by atoms with Crippen molar-refractivity contribution in [3.63, 3.8) is 0 Å². The average Bonchev–Trinajstić information content (AvgIpc) is 2.71. The van der Waals surface area contributed by atoms with Gasteiger partial charge in [-0.15, -0.1) is 11.3 Å². The molecule has 2 rings (SSSR count). The van der Waals surface area contributed by atoms with Crippen molar-refractivity contribution in [3.8, 4) is 0 Å². The largest absolute Gasteiger partial charge is 0.305 e. The number of hydrogen-bond donors (Lipinski definition) is 1. The highest BCUT2D eigenvalue weighted by Gasteiger charge is 2.11. The number of thiophene rings is 1. The molecule has 3 heteroatoms. The van der Waals surface area contributed by atoms with Gasteiger partial charge < -0.3 is 5.32 Å². The third-order valence-electron chi connectivity index (χ3n) is 3.38. The molecule has 0 bridgehead atoms. The highest BCUT2D eigenvalue weighted by Crippen LogP contribution is 2.25. The van der Waals surface area contributed by atoms with Gasteiger partial charge in [-0.25, -0.2) is 0 Å². The molecular weight excluding hydrogens is 318 g/mol. The van der Waals surface area contributed by atoms with Crippen molar-refractivity contribution in [2.24, 2.45) is 0 Å². The van der Waals surface area contributed by atoms with Gasteiger partial charge in [0.1, 0.15) is 0 Å². The van der Waals surface area contributed by atoms with Crippen molar-refractivity contribution in [2.45, 2.75) is 40.3 Å². The monoisotopic (exact) mass is 337 g/mol. The molecule has 1 heterocycles. The first-order valence-electron chi connectivity index (χ1n) is 6.52. The van der Waals surface area contributed by atoms with E-state index in [9.17, 15) is 0 Å². The number of benzene rings is 1. The minimum absolute atomic E-state index is 0.376. The highest BCUT2D eigenvalue weighted by molar-refractivity contribution is 9.11. The lowest BCUT2D eigenvalue weighted by atomic mass is 9.95. The van der Waals surface area contributed by atoms with E-state index in [0.717, 1.165) is 6.54 Å². The van der Waals surface area contributed by atoms with Gasteiger partial charge in [0.05, 0.1) is 3.79 Å². The third-order valence-corrected chi connectivity index (χ3v) is 5.01. The molecule has 0 radical (unpaired) electrons. The van der Waals surface area contributed by atoms with Crippen LogP contribution in [0.1, 0.15) is 40.1 Å². The summed E-state index contributed by atoms with van der Waals surface area (Å²) in [5.74, 6) is 0. The van der Waals surface area contributed by atoms with Crippen LogP contribution in [0.2, 0.25) is 0 Å². The third kappa shape index (κ3) is 3.68. The summed E-state index contributed by atoms with van der Waals surface area (Å²) in [6.45, 7) is 9.73. The molecule has 1 atom stereocenters. The standard InChI is InChI=1S/C16H20BrNS/c1-10-7-11(2)16(12(3)8-10)13(4)18-9-14-5-6-15(17)19-14/h5-8,13,18H,9H2,1-4H3. The summed E-state index contributed by atoms with van der Waals surface area (Å²) in [4.78, 5) is 1.36. The topological polar surface area (TPSA) is 12.0 Å². The van der Waals surface area contributed by atoms with Gasteiger partial charge in [-0.2, -0.15) is 0 Å². The molecule has 0 aliphatic carbocycles. The van der Waals surface area contributed by atoms with Gasteiger partial charge in [0.15, 0.2) is 0 Å². The van der Waals surface area contributed by atoms with E-state index >= 15 is 0 Å². The lowest BCUT2D eigenvalue weighted by molar-refractivity contribution is 0.573. The molecule has 2 aromatic rings. The molecule has 1 nitrogen and oxygen atoms in total. The van der Waals surface area contributed by atoms with E-state index < -0.39 is 0 Å². The van der Waals surface area contributed by atoms with Crippen LogP contribution in [-0.2, 0) is 6.54 Å². The van der Waals surface area contributed by atoms with E-state index in [2.05, 4.69) is 73.2 Å². The van der Waals surface area contributed by atoms with Gasteiger partial charge in [-0.3, -0.25) is 0 Å². The number of halogens is 1. The van der Waals surface area contributed by atoms with E-state index in [0.29, 0.717) is 6.04 Å². The fraction of sp³-hybridized carbons (Fsp3) is 0.375. The first-order chi connectivity index (χ1) is 8.97. The number of rotatable bonds is 4. The van der Waals surface area contributed by atoms with Crippen LogP contribution in [0.3, 0.4) is 0 Å². The second-order valence-electron chi connectivity index (χ2n) is 5.12. The molecule has 0 amide bonds. The summed E-state index contributed by atoms with van der Waals surface area (Å²) in [6, 6.07) is 9.18. The molecule has 102 valence electrons. The van der Waals surface area contributed by atoms with Crippen LogP contribution < -0.4 is 5.32 Å². The van der Waals surface area contributed by atoms with Crippen LogP contribution >= 0.6 is 27.3 Å². The Morgan fingerprint density at radius 1 is 1.16 bits per heavy atom. The molecule has 0 aliphatic heterocycles. The van der Waals surface area contributed by atoms with Gasteiger partial charge >= 0.3 is 0 Å². The summed E-state index contributed by atoms with van der Waals surface area (Å²) < 4.78 is 1.19. The zero-order valence-electron chi connectivity index (χ0n) is 11.9. The van der Waals surface area contributed by atoms with E-state index in [-0.39, 0.29) is 0 Å². The van der Waals surface area contributed by atoms with Crippen LogP contribution in [0.5, 0.6) is 0 Å². The summed E-state index contributed by atoms with van der Waals surface area (Å²) in [7, 11) is 0. The minimum atomic E-state index is 0.376. The predicted octanol–water partition coefficient (Wildman–Crippen LogP) is 5.29. The van der Waals surface area contributed by atoms with Gasteiger partial charge in [0.2, 0.25) is 0 Å². The van der Waals surface area contributed by atoms with Crippen molar-refractivity contribution < 1.29 is 0 Å². The van der Waals surface area contributed by atoms with Gasteiger partial charge in [0.25, 0.3) is 0 Å². The molecule has 19 heavy (non-hydrogen) atoms. The molecule has 1 aromatic heterocycles. The van der Waals surface area contributed by atoms with Crippen molar-refractivity contribution in [3.05, 3.63) is 55.2 Å². The molecule has 1 unspecified atom stereocenters. The predicted molar refractivity (Wildman–Crippen MR) is 87.9 cm³/mol. The van der Waals surface area contributed by atoms with Crippen molar-refractivity contribution in [1.29, 1.82) is 0 Å². The maximum atomic E-state index is 3.62. The zero-order chi connectivity index (χ0) is 14.0. The molecule has 0 saturated heterocycles. The number of hydrogen-bond acceptors (Lipinski definition) is 2. The van der Waals surface area contributed by atoms with E-state index in [1.165, 1.54) is 30.9 Å². The van der Waals surface area contributed by atoms with Crippen LogP contribution in [0.15, 0.2) is 28.1 Å². The van der Waals surface area contributed by atoms with Gasteiger partial charge in [-0.1, -0.05) is 17.7 Å². The Balaban J connectivity index is 2.10. The Kier molecular flexibility index (Phi) is 4.82. The minimum Gasteiger partial charge on any atom is -0.305 e. The fourth-order valence-corrected chi connectivity index (χ4v) is 4.11. The molecule has 0 aliphatic rings. The van der Waals surface area contributed by atoms with Crippen molar-refractivity contribution in [1.82, 2.24) is 5.32 Å². The van der Waals surface area contributed by atoms with Crippen LogP contribution in [-0.4, -0.2) is 0 Å². The first-order valence-corrected chi connectivity index (χ1v) is 8.13. The smallest absolute Gasteiger partial charge is 0.0701 e. The van der Waals surface area contributed by atoms with Gasteiger partial charge in [-0.05, 0) is 72.4 Å². The Bertz CT molecular complexity index is 551. The zero-order valence-corrected chi connectivity index (χ0v) is 14.3. The van der Waals surface area contributed by atoms with Crippen molar-refractivity contribution >= 4 is 27.3 Å². The molecule has 1 aromatic carbocycles. The Labute approximate surface area is 128 Å². The first kappa shape index (κ1) is 14.8. The SMILES string of the molecule is Cc1cc(C)c(C(C)NCc2ccc(Br)s2)c(C)c1. The lowest BCUT2D eigenvalue weighted by Gasteiger charge is -2.19. The number of aryl methyl sites for hydroxylation is 3. The molecule has 0 fully saturated rings. The summed E-state index contributed by atoms with van der Waals surface area (Å²) >= 11 is 5.30.